The number of methoxy groups -OCH3 is 1. The van der Waals surface area contributed by atoms with Crippen molar-refractivity contribution < 1.29 is 9.47 Å². The maximum Gasteiger partial charge on any atom is 0.132 e. The Hall–Kier alpha value is -1.85. The topological polar surface area (TPSA) is 37.8 Å². The minimum absolute atomic E-state index is 0.873. The summed E-state index contributed by atoms with van der Waals surface area (Å²) in [6.07, 6.45) is 6.13. The summed E-state index contributed by atoms with van der Waals surface area (Å²) in [7, 11) is 1.71. The first-order valence-corrected chi connectivity index (χ1v) is 10.4. The van der Waals surface area contributed by atoms with Crippen LogP contribution in [0, 0.1) is 0 Å². The van der Waals surface area contributed by atoms with E-state index in [1.807, 2.05) is 6.07 Å². The molecular formula is C22H31N3O2. The van der Waals surface area contributed by atoms with Crippen molar-refractivity contribution in [2.45, 2.75) is 32.1 Å². The summed E-state index contributed by atoms with van der Waals surface area (Å²) in [5, 5.41) is 1.21. The number of aromatic nitrogens is 1. The Morgan fingerprint density at radius 2 is 1.85 bits per heavy atom. The molecule has 5 heteroatoms. The minimum atomic E-state index is 0.873. The number of hydrogen-bond acceptors (Lipinski definition) is 5. The second-order valence-electron chi connectivity index (χ2n) is 7.64. The highest BCUT2D eigenvalue weighted by molar-refractivity contribution is 5.83. The van der Waals surface area contributed by atoms with Gasteiger partial charge in [0.1, 0.15) is 11.6 Å². The summed E-state index contributed by atoms with van der Waals surface area (Å²) in [6.45, 7) is 7.27. The highest BCUT2D eigenvalue weighted by Crippen LogP contribution is 2.29. The van der Waals surface area contributed by atoms with Gasteiger partial charge in [-0.3, -0.25) is 4.90 Å². The molecular weight excluding hydrogens is 338 g/mol. The highest BCUT2D eigenvalue weighted by atomic mass is 16.5. The van der Waals surface area contributed by atoms with Crippen LogP contribution >= 0.6 is 0 Å². The Labute approximate surface area is 162 Å². The molecule has 2 fully saturated rings. The van der Waals surface area contributed by atoms with Gasteiger partial charge in [0.05, 0.1) is 25.8 Å². The number of pyridine rings is 1. The molecule has 2 saturated heterocycles. The molecule has 0 atom stereocenters. The fraction of sp³-hybridized carbons (Fsp3) is 0.591. The molecule has 0 unspecified atom stereocenters. The van der Waals surface area contributed by atoms with Crippen LogP contribution in [0.5, 0.6) is 5.75 Å². The molecule has 0 aliphatic carbocycles. The number of anilines is 1. The van der Waals surface area contributed by atoms with Gasteiger partial charge in [0.25, 0.3) is 0 Å². The zero-order valence-corrected chi connectivity index (χ0v) is 16.5. The van der Waals surface area contributed by atoms with E-state index >= 15 is 0 Å². The quantitative estimate of drug-likeness (QED) is 0.779. The normalized spacial score (nSPS) is 18.8. The number of piperidine rings is 1. The first kappa shape index (κ1) is 18.5. The van der Waals surface area contributed by atoms with Crippen molar-refractivity contribution in [3.63, 3.8) is 0 Å². The predicted molar refractivity (Wildman–Crippen MR) is 110 cm³/mol. The van der Waals surface area contributed by atoms with E-state index in [1.165, 1.54) is 42.5 Å². The zero-order valence-electron chi connectivity index (χ0n) is 16.5. The standard InChI is InChI=1S/C22H31N3O2/c1-26-20-8-7-18-16-19(6-5-9-24-12-14-27-15-13-24)22(23-21(18)17-20)25-10-3-2-4-11-25/h7-8,16-17H,2-6,9-15H2,1H3. The summed E-state index contributed by atoms with van der Waals surface area (Å²) in [5.74, 6) is 2.07. The van der Waals surface area contributed by atoms with Gasteiger partial charge >= 0.3 is 0 Å². The summed E-state index contributed by atoms with van der Waals surface area (Å²) >= 11 is 0. The van der Waals surface area contributed by atoms with E-state index in [0.29, 0.717) is 0 Å². The van der Waals surface area contributed by atoms with Gasteiger partial charge in [-0.05, 0) is 62.4 Å². The van der Waals surface area contributed by atoms with Gasteiger partial charge in [0, 0.05) is 37.6 Å². The number of morpholine rings is 1. The third-order valence-corrected chi connectivity index (χ3v) is 5.76. The van der Waals surface area contributed by atoms with Crippen molar-refractivity contribution >= 4 is 16.7 Å². The largest absolute Gasteiger partial charge is 0.497 e. The lowest BCUT2D eigenvalue weighted by Crippen LogP contribution is -2.37. The van der Waals surface area contributed by atoms with Crippen molar-refractivity contribution in [2.75, 3.05) is 57.9 Å². The van der Waals surface area contributed by atoms with Crippen LogP contribution in [-0.4, -0.2) is 62.9 Å². The Balaban J connectivity index is 1.55. The lowest BCUT2D eigenvalue weighted by Gasteiger charge is -2.30. The van der Waals surface area contributed by atoms with Crippen LogP contribution in [0.1, 0.15) is 31.2 Å². The lowest BCUT2D eigenvalue weighted by atomic mass is 10.0. The van der Waals surface area contributed by atoms with Crippen molar-refractivity contribution in [2.24, 2.45) is 0 Å². The highest BCUT2D eigenvalue weighted by Gasteiger charge is 2.18. The monoisotopic (exact) mass is 369 g/mol. The van der Waals surface area contributed by atoms with E-state index in [9.17, 15) is 0 Å². The second kappa shape index (κ2) is 8.89. The second-order valence-corrected chi connectivity index (χ2v) is 7.64. The van der Waals surface area contributed by atoms with Crippen molar-refractivity contribution in [1.82, 2.24) is 9.88 Å². The summed E-state index contributed by atoms with van der Waals surface area (Å²) < 4.78 is 10.9. The van der Waals surface area contributed by atoms with E-state index in [4.69, 9.17) is 14.5 Å². The third-order valence-electron chi connectivity index (χ3n) is 5.76. The molecule has 146 valence electrons. The summed E-state index contributed by atoms with van der Waals surface area (Å²) in [6, 6.07) is 8.57. The number of hydrogen-bond donors (Lipinski definition) is 0. The zero-order chi connectivity index (χ0) is 18.5. The van der Waals surface area contributed by atoms with Crippen molar-refractivity contribution in [1.29, 1.82) is 0 Å². The first-order chi connectivity index (χ1) is 13.3. The fourth-order valence-corrected chi connectivity index (χ4v) is 4.19. The predicted octanol–water partition coefficient (Wildman–Crippen LogP) is 3.50. The molecule has 0 spiro atoms. The molecule has 2 aromatic rings. The average Bonchev–Trinajstić information content (AvgIpc) is 2.74. The molecule has 5 nitrogen and oxygen atoms in total. The smallest absolute Gasteiger partial charge is 0.132 e. The van der Waals surface area contributed by atoms with Gasteiger partial charge in [0.15, 0.2) is 0 Å². The van der Waals surface area contributed by atoms with Crippen LogP contribution in [-0.2, 0) is 11.2 Å². The number of nitrogens with zero attached hydrogens (tertiary/aromatic N) is 3. The van der Waals surface area contributed by atoms with E-state index < -0.39 is 0 Å². The summed E-state index contributed by atoms with van der Waals surface area (Å²) in [4.78, 5) is 10.1. The van der Waals surface area contributed by atoms with Gasteiger partial charge in [-0.15, -0.1) is 0 Å². The molecule has 1 aromatic heterocycles. The molecule has 0 saturated carbocycles. The first-order valence-electron chi connectivity index (χ1n) is 10.4. The van der Waals surface area contributed by atoms with Crippen LogP contribution in [0.2, 0.25) is 0 Å². The molecule has 1 aromatic carbocycles. The Morgan fingerprint density at radius 3 is 2.63 bits per heavy atom. The van der Waals surface area contributed by atoms with Gasteiger partial charge in [-0.1, -0.05) is 0 Å². The summed E-state index contributed by atoms with van der Waals surface area (Å²) in [5.41, 5.74) is 2.43. The lowest BCUT2D eigenvalue weighted by molar-refractivity contribution is 0.0375. The van der Waals surface area contributed by atoms with Gasteiger partial charge in [0.2, 0.25) is 0 Å². The molecule has 2 aliphatic heterocycles. The average molecular weight is 370 g/mol. The molecule has 27 heavy (non-hydrogen) atoms. The van der Waals surface area contributed by atoms with Crippen LogP contribution in [0.3, 0.4) is 0 Å². The number of aryl methyl sites for hydroxylation is 1. The third kappa shape index (κ3) is 4.53. The van der Waals surface area contributed by atoms with E-state index in [0.717, 1.165) is 63.6 Å². The van der Waals surface area contributed by atoms with Gasteiger partial charge < -0.3 is 14.4 Å². The number of ether oxygens (including phenoxy) is 2. The van der Waals surface area contributed by atoms with Crippen LogP contribution in [0.25, 0.3) is 10.9 Å². The number of rotatable bonds is 6. The number of fused-ring (bicyclic) bond motifs is 1. The molecule has 2 aliphatic rings. The molecule has 4 rings (SSSR count). The molecule has 0 N–H and O–H groups in total. The Kier molecular flexibility index (Phi) is 6.10. The van der Waals surface area contributed by atoms with Crippen LogP contribution < -0.4 is 9.64 Å². The van der Waals surface area contributed by atoms with Gasteiger partial charge in [-0.2, -0.15) is 0 Å². The van der Waals surface area contributed by atoms with E-state index in [1.54, 1.807) is 7.11 Å². The van der Waals surface area contributed by atoms with Crippen molar-refractivity contribution in [3.8, 4) is 5.75 Å². The Bertz CT molecular complexity index is 753. The fourth-order valence-electron chi connectivity index (χ4n) is 4.19. The van der Waals surface area contributed by atoms with Crippen molar-refractivity contribution in [3.05, 3.63) is 29.8 Å². The minimum Gasteiger partial charge on any atom is -0.497 e. The molecule has 3 heterocycles. The SMILES string of the molecule is COc1ccc2cc(CCCN3CCOCC3)c(N3CCCCC3)nc2c1. The number of benzene rings is 1. The maximum absolute atomic E-state index is 5.46. The Morgan fingerprint density at radius 1 is 1.04 bits per heavy atom. The van der Waals surface area contributed by atoms with E-state index in [-0.39, 0.29) is 0 Å². The van der Waals surface area contributed by atoms with Crippen LogP contribution in [0.4, 0.5) is 5.82 Å². The van der Waals surface area contributed by atoms with Gasteiger partial charge in [-0.25, -0.2) is 4.98 Å². The molecule has 0 amide bonds. The van der Waals surface area contributed by atoms with Crippen LogP contribution in [0.15, 0.2) is 24.3 Å². The van der Waals surface area contributed by atoms with E-state index in [2.05, 4.69) is 28.0 Å². The molecule has 0 radical (unpaired) electrons. The molecule has 0 bridgehead atoms. The maximum atomic E-state index is 5.46.